The highest BCUT2D eigenvalue weighted by Gasteiger charge is 2.27. The van der Waals surface area contributed by atoms with Crippen molar-refractivity contribution < 1.29 is 46.8 Å². The minimum absolute atomic E-state index is 0.0440. The number of urea groups is 1. The highest BCUT2D eigenvalue weighted by atomic mass is 19.1. The van der Waals surface area contributed by atoms with Crippen LogP contribution in [0.3, 0.4) is 0 Å². The van der Waals surface area contributed by atoms with E-state index in [4.69, 9.17) is 34.2 Å². The van der Waals surface area contributed by atoms with E-state index in [0.29, 0.717) is 82.9 Å². The van der Waals surface area contributed by atoms with Gasteiger partial charge in [0.25, 0.3) is 5.56 Å². The van der Waals surface area contributed by atoms with Crippen LogP contribution >= 0.6 is 0 Å². The predicted octanol–water partition coefficient (Wildman–Crippen LogP) is 5.09. The van der Waals surface area contributed by atoms with E-state index in [9.17, 15) is 19.2 Å². The number of halogens is 2. The molecule has 3 heterocycles. The third kappa shape index (κ3) is 16.0. The Kier molecular flexibility index (Phi) is 21.1. The lowest BCUT2D eigenvalue weighted by atomic mass is 10.1. The first kappa shape index (κ1) is 53.7. The number of nitrogens with zero attached hydrogens (tertiary/aromatic N) is 10. The second-order valence-electron chi connectivity index (χ2n) is 15.8. The van der Waals surface area contributed by atoms with Crippen LogP contribution in [0.4, 0.5) is 19.3 Å². The molecule has 6 rings (SSSR count). The van der Waals surface area contributed by atoms with Gasteiger partial charge in [-0.3, -0.25) is 14.5 Å². The highest BCUT2D eigenvalue weighted by Crippen LogP contribution is 2.28. The Balaban J connectivity index is 1.18. The van der Waals surface area contributed by atoms with Crippen LogP contribution in [0.2, 0.25) is 0 Å². The minimum atomic E-state index is -0.956. The number of ether oxygens (including phenoxy) is 5. The smallest absolute Gasteiger partial charge is 0.345 e. The second-order valence-corrected chi connectivity index (χ2v) is 15.8. The van der Waals surface area contributed by atoms with Crippen molar-refractivity contribution in [1.29, 1.82) is 0 Å². The van der Waals surface area contributed by atoms with Crippen molar-refractivity contribution in [2.75, 3.05) is 84.4 Å². The summed E-state index contributed by atoms with van der Waals surface area (Å²) in [6.07, 6.45) is 2.87. The van der Waals surface area contributed by atoms with Crippen LogP contribution in [0, 0.1) is 11.6 Å². The molecular weight excluding hydrogens is 941 g/mol. The molecule has 0 radical (unpaired) electrons. The van der Waals surface area contributed by atoms with Gasteiger partial charge in [-0.2, -0.15) is 0 Å². The molecule has 22 nitrogen and oxygen atoms in total. The fraction of sp³-hybridized carbons (Fsp3) is 0.396. The first-order chi connectivity index (χ1) is 35.1. The lowest BCUT2D eigenvalue weighted by Crippen LogP contribution is -2.37. The number of benzene rings is 3. The Labute approximate surface area is 412 Å². The Hall–Kier alpha value is -7.60. The summed E-state index contributed by atoms with van der Waals surface area (Å²) in [5.41, 5.74) is 9.51. The maximum absolute atomic E-state index is 15.2. The fourth-order valence-electron chi connectivity index (χ4n) is 7.25. The number of imidazole rings is 1. The molecule has 0 fully saturated rings. The van der Waals surface area contributed by atoms with Crippen LogP contribution in [0.5, 0.6) is 0 Å². The lowest BCUT2D eigenvalue weighted by Gasteiger charge is -2.22. The number of amides is 3. The number of hydrogen-bond donors (Lipinski definition) is 3. The Bertz CT molecular complexity index is 2800. The zero-order valence-corrected chi connectivity index (χ0v) is 40.0. The molecule has 0 aliphatic heterocycles. The van der Waals surface area contributed by atoms with E-state index < -0.39 is 41.3 Å². The van der Waals surface area contributed by atoms with E-state index in [1.165, 1.54) is 21.2 Å². The van der Waals surface area contributed by atoms with E-state index in [1.807, 2.05) is 30.3 Å². The molecule has 3 N–H and O–H groups in total. The summed E-state index contributed by atoms with van der Waals surface area (Å²) in [5, 5.41) is 20.1. The number of anilines is 1. The van der Waals surface area contributed by atoms with Gasteiger partial charge in [-0.15, -0.1) is 5.10 Å². The molecular formula is C48H57F2N13O9. The summed E-state index contributed by atoms with van der Waals surface area (Å²) in [5.74, 6) is -3.08. The molecule has 0 aliphatic carbocycles. The van der Waals surface area contributed by atoms with Crippen LogP contribution in [-0.2, 0) is 61.2 Å². The number of hydrogen-bond acceptors (Lipinski definition) is 14. The van der Waals surface area contributed by atoms with Gasteiger partial charge >= 0.3 is 12.0 Å². The number of carbonyl (C=O) groups excluding carboxylic acids is 3. The summed E-state index contributed by atoms with van der Waals surface area (Å²) >= 11 is 0. The molecule has 0 saturated carbocycles. The highest BCUT2D eigenvalue weighted by molar-refractivity contribution is 5.90. The zero-order chi connectivity index (χ0) is 51.1. The Morgan fingerprint density at radius 2 is 1.50 bits per heavy atom. The average Bonchev–Trinajstić information content (AvgIpc) is 3.99. The first-order valence-electron chi connectivity index (χ1n) is 23.2. The lowest BCUT2D eigenvalue weighted by molar-refractivity contribution is -0.122. The topological polar surface area (TPSA) is 255 Å². The van der Waals surface area contributed by atoms with E-state index in [0.717, 1.165) is 17.7 Å². The molecule has 0 aliphatic rings. The molecule has 6 aromatic rings. The van der Waals surface area contributed by atoms with Crippen LogP contribution in [-0.4, -0.2) is 131 Å². The van der Waals surface area contributed by atoms with Gasteiger partial charge in [0.05, 0.1) is 103 Å². The molecule has 382 valence electrons. The van der Waals surface area contributed by atoms with Gasteiger partial charge in [0.15, 0.2) is 0 Å². The number of nitrogens with one attached hydrogen (secondary N) is 3. The van der Waals surface area contributed by atoms with Gasteiger partial charge < -0.3 is 44.2 Å². The summed E-state index contributed by atoms with van der Waals surface area (Å²) in [6, 6.07) is 19.0. The van der Waals surface area contributed by atoms with Gasteiger partial charge in [0.1, 0.15) is 22.9 Å². The van der Waals surface area contributed by atoms with Crippen LogP contribution in [0.25, 0.3) is 27.5 Å². The van der Waals surface area contributed by atoms with E-state index in [1.54, 1.807) is 53.9 Å². The maximum atomic E-state index is 15.2. The molecule has 72 heavy (non-hydrogen) atoms. The van der Waals surface area contributed by atoms with Crippen molar-refractivity contribution in [3.05, 3.63) is 146 Å². The molecule has 0 atom stereocenters. The van der Waals surface area contributed by atoms with Crippen molar-refractivity contribution in [2.45, 2.75) is 46.6 Å². The molecule has 3 amide bonds. The fourth-order valence-corrected chi connectivity index (χ4v) is 7.25. The van der Waals surface area contributed by atoms with E-state index >= 15 is 8.78 Å². The molecule has 3 aromatic carbocycles. The number of fused-ring (bicyclic) bond motifs is 1. The van der Waals surface area contributed by atoms with Crippen molar-refractivity contribution in [3.8, 4) is 11.3 Å². The monoisotopic (exact) mass is 997 g/mol. The van der Waals surface area contributed by atoms with E-state index in [-0.39, 0.29) is 68.0 Å². The van der Waals surface area contributed by atoms with Gasteiger partial charge in [0, 0.05) is 54.1 Å². The summed E-state index contributed by atoms with van der Waals surface area (Å²) in [4.78, 5) is 63.5. The van der Waals surface area contributed by atoms with Gasteiger partial charge in [0.2, 0.25) is 11.7 Å². The normalized spacial score (nSPS) is 11.2. The number of esters is 1. The molecule has 0 bridgehead atoms. The van der Waals surface area contributed by atoms with Crippen LogP contribution in [0.1, 0.15) is 46.7 Å². The van der Waals surface area contributed by atoms with Crippen LogP contribution < -0.4 is 21.5 Å². The standard InChI is InChI=1S/C48H57F2N13O9/c1-3-52-47(67)55-36-15-13-35(14-16-36)44-42(63-45(65)39(46(66)72-4-2)31-61(48(63)56-44)30-38-40(49)11-8-12-41(38)50)32-60(28-34-9-6-5-7-10-34)33-43(64)53-27-37-29-62(59-57-37)18-20-69-22-24-71-26-25-70-23-21-68-19-17-54-58-51/h5-16,29,31H,3-4,17-28,30,32-33H2,1-2H3,(H,53,64)(H2,52,55,67). The summed E-state index contributed by atoms with van der Waals surface area (Å²) in [6.45, 7) is 6.90. The van der Waals surface area contributed by atoms with Gasteiger partial charge in [-0.25, -0.2) is 32.4 Å². The summed E-state index contributed by atoms with van der Waals surface area (Å²) < 4.78 is 61.7. The first-order valence-corrected chi connectivity index (χ1v) is 23.2. The predicted molar refractivity (Wildman–Crippen MR) is 259 cm³/mol. The largest absolute Gasteiger partial charge is 0.462 e. The van der Waals surface area contributed by atoms with Crippen molar-refractivity contribution in [2.24, 2.45) is 5.11 Å². The van der Waals surface area contributed by atoms with E-state index in [2.05, 4.69) is 36.3 Å². The number of azide groups is 1. The van der Waals surface area contributed by atoms with Gasteiger partial charge in [-0.1, -0.05) is 58.9 Å². The number of carbonyl (C=O) groups is 3. The zero-order valence-electron chi connectivity index (χ0n) is 40.0. The summed E-state index contributed by atoms with van der Waals surface area (Å²) in [7, 11) is 0. The van der Waals surface area contributed by atoms with Crippen molar-refractivity contribution in [1.82, 2.24) is 44.5 Å². The molecule has 3 aromatic heterocycles. The second kappa shape index (κ2) is 28.3. The third-order valence-electron chi connectivity index (χ3n) is 10.6. The molecule has 0 spiro atoms. The Morgan fingerprint density at radius 1 is 0.819 bits per heavy atom. The molecule has 0 unspecified atom stereocenters. The SMILES string of the molecule is CCNC(=O)Nc1ccc(-c2nc3n(Cc4c(F)cccc4F)cc(C(=O)OCC)c(=O)n3c2CN(CC(=O)NCc2cn(CCOCCOCCOCCOCCN=[N+]=[N-])nn2)Cc2ccccc2)cc1. The van der Waals surface area contributed by atoms with Gasteiger partial charge in [-0.05, 0) is 49.2 Å². The average molecular weight is 998 g/mol. The number of aromatic nitrogens is 6. The number of rotatable bonds is 30. The quantitative estimate of drug-likeness (QED) is 0.0175. The Morgan fingerprint density at radius 3 is 2.17 bits per heavy atom. The van der Waals surface area contributed by atoms with Crippen LogP contribution in [0.15, 0.2) is 95.1 Å². The third-order valence-corrected chi connectivity index (χ3v) is 10.6. The maximum Gasteiger partial charge on any atom is 0.345 e. The minimum Gasteiger partial charge on any atom is -0.462 e. The molecule has 0 saturated heterocycles. The van der Waals surface area contributed by atoms with Crippen molar-refractivity contribution >= 4 is 29.4 Å². The van der Waals surface area contributed by atoms with Crippen molar-refractivity contribution in [3.63, 3.8) is 0 Å². The molecule has 24 heteroatoms.